The molecule has 1 saturated heterocycles. The van der Waals surface area contributed by atoms with E-state index in [1.54, 1.807) is 0 Å². The van der Waals surface area contributed by atoms with Crippen molar-refractivity contribution < 1.29 is 4.79 Å². The van der Waals surface area contributed by atoms with Gasteiger partial charge in [-0.2, -0.15) is 0 Å². The summed E-state index contributed by atoms with van der Waals surface area (Å²) >= 11 is 7.58. The predicted octanol–water partition coefficient (Wildman–Crippen LogP) is 5.12. The number of piperazine rings is 1. The van der Waals surface area contributed by atoms with Crippen molar-refractivity contribution in [2.45, 2.75) is 18.2 Å². The normalized spacial score (nSPS) is 14.4. The highest BCUT2D eigenvalue weighted by Crippen LogP contribution is 2.28. The van der Waals surface area contributed by atoms with Crippen LogP contribution >= 0.6 is 23.4 Å². The van der Waals surface area contributed by atoms with E-state index in [1.165, 1.54) is 17.3 Å². The highest BCUT2D eigenvalue weighted by Gasteiger charge is 2.22. The minimum Gasteiger partial charge on any atom is -0.339 e. The van der Waals surface area contributed by atoms with Crippen molar-refractivity contribution >= 4 is 51.3 Å². The Balaban J connectivity index is 1.14. The smallest absolute Gasteiger partial charge is 0.233 e. The van der Waals surface area contributed by atoms with E-state index in [0.717, 1.165) is 60.4 Å². The molecule has 7 nitrogen and oxygen atoms in total. The summed E-state index contributed by atoms with van der Waals surface area (Å²) in [7, 11) is 0. The molecule has 0 N–H and O–H groups in total. The third-order valence-corrected chi connectivity index (χ3v) is 7.94. The zero-order valence-corrected chi connectivity index (χ0v) is 22.4. The summed E-state index contributed by atoms with van der Waals surface area (Å²) in [6.45, 7) is 4.74. The average Bonchev–Trinajstić information content (AvgIpc) is 3.25. The maximum absolute atomic E-state index is 13.0. The number of para-hydroxylation sites is 1. The first-order valence-corrected chi connectivity index (χ1v) is 14.0. The van der Waals surface area contributed by atoms with Crippen molar-refractivity contribution in [2.24, 2.45) is 0 Å². The van der Waals surface area contributed by atoms with Crippen molar-refractivity contribution in [3.05, 3.63) is 95.0 Å². The molecule has 5 aromatic rings. The van der Waals surface area contributed by atoms with E-state index in [1.807, 2.05) is 47.4 Å². The topological polar surface area (TPSA) is 67.2 Å². The molecule has 0 aliphatic carbocycles. The second-order valence-electron chi connectivity index (χ2n) is 9.43. The van der Waals surface area contributed by atoms with E-state index < -0.39 is 0 Å². The first-order chi connectivity index (χ1) is 18.6. The van der Waals surface area contributed by atoms with Crippen LogP contribution in [-0.2, 0) is 17.9 Å². The summed E-state index contributed by atoms with van der Waals surface area (Å²) in [5, 5.41) is 11.1. The van der Waals surface area contributed by atoms with Crippen LogP contribution in [0.4, 0.5) is 0 Å². The van der Waals surface area contributed by atoms with Gasteiger partial charge in [0, 0.05) is 49.7 Å². The van der Waals surface area contributed by atoms with Crippen LogP contribution in [0.25, 0.3) is 22.1 Å². The van der Waals surface area contributed by atoms with Gasteiger partial charge in [0.05, 0.1) is 11.3 Å². The number of benzene rings is 3. The second kappa shape index (κ2) is 11.1. The molecule has 0 radical (unpaired) electrons. The first kappa shape index (κ1) is 24.9. The largest absolute Gasteiger partial charge is 0.339 e. The van der Waals surface area contributed by atoms with Crippen LogP contribution in [-0.4, -0.2) is 67.4 Å². The fourth-order valence-corrected chi connectivity index (χ4v) is 5.84. The summed E-state index contributed by atoms with van der Waals surface area (Å²) in [4.78, 5) is 22.2. The Morgan fingerprint density at radius 1 is 0.842 bits per heavy atom. The Morgan fingerprint density at radius 2 is 1.61 bits per heavy atom. The number of thioether (sulfide) groups is 1. The molecule has 192 valence electrons. The number of amides is 1. The summed E-state index contributed by atoms with van der Waals surface area (Å²) < 4.78 is 2.14. The number of carbonyl (C=O) groups excluding carboxylic acids is 1. The van der Waals surface area contributed by atoms with Crippen molar-refractivity contribution in [3.63, 3.8) is 0 Å². The summed E-state index contributed by atoms with van der Waals surface area (Å²) in [5.74, 6) is 0.401. The number of carbonyl (C=O) groups is 1. The highest BCUT2D eigenvalue weighted by atomic mass is 35.5. The van der Waals surface area contributed by atoms with E-state index in [9.17, 15) is 4.79 Å². The molecule has 0 unspecified atom stereocenters. The van der Waals surface area contributed by atoms with Gasteiger partial charge in [-0.1, -0.05) is 84.0 Å². The molecule has 2 aromatic heterocycles. The van der Waals surface area contributed by atoms with Crippen molar-refractivity contribution in [3.8, 4) is 0 Å². The lowest BCUT2D eigenvalue weighted by atomic mass is 10.2. The molecule has 0 spiro atoms. The van der Waals surface area contributed by atoms with E-state index >= 15 is 0 Å². The van der Waals surface area contributed by atoms with Crippen molar-refractivity contribution in [1.29, 1.82) is 0 Å². The van der Waals surface area contributed by atoms with Crippen LogP contribution in [0.2, 0.25) is 5.02 Å². The number of nitrogens with zero attached hydrogens (tertiary/aromatic N) is 6. The van der Waals surface area contributed by atoms with Crippen LogP contribution in [0.5, 0.6) is 0 Å². The molecule has 9 heteroatoms. The third kappa shape index (κ3) is 5.38. The molecule has 38 heavy (non-hydrogen) atoms. The van der Waals surface area contributed by atoms with Gasteiger partial charge in [-0.25, -0.2) is 4.98 Å². The fourth-order valence-electron chi connectivity index (χ4n) is 4.94. The quantitative estimate of drug-likeness (QED) is 0.266. The molecular weight excluding hydrogens is 516 g/mol. The van der Waals surface area contributed by atoms with Gasteiger partial charge in [-0.15, -0.1) is 10.2 Å². The molecule has 1 fully saturated rings. The second-order valence-corrected chi connectivity index (χ2v) is 10.8. The van der Waals surface area contributed by atoms with Crippen LogP contribution in [0.3, 0.4) is 0 Å². The molecule has 0 atom stereocenters. The van der Waals surface area contributed by atoms with Gasteiger partial charge in [-0.05, 0) is 29.3 Å². The lowest BCUT2D eigenvalue weighted by Gasteiger charge is -2.34. The lowest BCUT2D eigenvalue weighted by Crippen LogP contribution is -2.48. The standard InChI is InChI=1S/C29H27ClN6OS/c30-23-10-6-9-22(17-23)19-36-25-12-5-4-11-24(25)27-28(36)31-29(33-32-27)38-20-26(37)35-15-13-34(14-16-35)18-21-7-2-1-3-8-21/h1-12,17H,13-16,18-20H2. The molecule has 3 aromatic carbocycles. The Labute approximate surface area is 230 Å². The SMILES string of the molecule is O=C(CSc1nnc2c3ccccc3n(Cc3cccc(Cl)c3)c2n1)N1CCN(Cc2ccccc2)CC1. The Morgan fingerprint density at radius 3 is 2.42 bits per heavy atom. The van der Waals surface area contributed by atoms with Crippen LogP contribution in [0, 0.1) is 0 Å². The average molecular weight is 543 g/mol. The minimum absolute atomic E-state index is 0.109. The number of hydrogen-bond acceptors (Lipinski definition) is 6. The molecule has 0 bridgehead atoms. The number of fused-ring (bicyclic) bond motifs is 3. The maximum Gasteiger partial charge on any atom is 0.233 e. The van der Waals surface area contributed by atoms with Gasteiger partial charge in [0.1, 0.15) is 5.52 Å². The molecule has 1 aliphatic heterocycles. The van der Waals surface area contributed by atoms with E-state index in [4.69, 9.17) is 16.6 Å². The predicted molar refractivity (Wildman–Crippen MR) is 152 cm³/mol. The lowest BCUT2D eigenvalue weighted by molar-refractivity contribution is -0.130. The van der Waals surface area contributed by atoms with Gasteiger partial charge in [0.2, 0.25) is 11.1 Å². The summed E-state index contributed by atoms with van der Waals surface area (Å²) in [6, 6.07) is 26.4. The number of aromatic nitrogens is 4. The van der Waals surface area contributed by atoms with Gasteiger partial charge in [0.15, 0.2) is 5.65 Å². The fraction of sp³-hybridized carbons (Fsp3) is 0.241. The van der Waals surface area contributed by atoms with Gasteiger partial charge in [-0.3, -0.25) is 9.69 Å². The van der Waals surface area contributed by atoms with Gasteiger partial charge in [0.25, 0.3) is 0 Å². The molecule has 3 heterocycles. The molecular formula is C29H27ClN6OS. The van der Waals surface area contributed by atoms with E-state index in [-0.39, 0.29) is 5.91 Å². The molecule has 1 amide bonds. The maximum atomic E-state index is 13.0. The zero-order chi connectivity index (χ0) is 25.9. The van der Waals surface area contributed by atoms with Crippen LogP contribution < -0.4 is 0 Å². The Bertz CT molecular complexity index is 1580. The molecule has 6 rings (SSSR count). The monoisotopic (exact) mass is 542 g/mol. The van der Waals surface area contributed by atoms with Crippen molar-refractivity contribution in [1.82, 2.24) is 29.5 Å². The van der Waals surface area contributed by atoms with E-state index in [0.29, 0.717) is 22.5 Å². The number of halogens is 1. The summed E-state index contributed by atoms with van der Waals surface area (Å²) in [6.07, 6.45) is 0. The highest BCUT2D eigenvalue weighted by molar-refractivity contribution is 7.99. The number of rotatable bonds is 7. The van der Waals surface area contributed by atoms with Crippen molar-refractivity contribution in [2.75, 3.05) is 31.9 Å². The van der Waals surface area contributed by atoms with E-state index in [2.05, 4.69) is 56.1 Å². The molecule has 0 saturated carbocycles. The van der Waals surface area contributed by atoms with Gasteiger partial charge < -0.3 is 9.47 Å². The number of hydrogen-bond donors (Lipinski definition) is 0. The minimum atomic E-state index is 0.109. The zero-order valence-electron chi connectivity index (χ0n) is 20.8. The van der Waals surface area contributed by atoms with Crippen LogP contribution in [0.1, 0.15) is 11.1 Å². The third-order valence-electron chi connectivity index (χ3n) is 6.88. The first-order valence-electron chi connectivity index (χ1n) is 12.7. The molecule has 1 aliphatic rings. The van der Waals surface area contributed by atoms with Crippen LogP contribution in [0.15, 0.2) is 84.0 Å². The Hall–Kier alpha value is -3.46. The van der Waals surface area contributed by atoms with Gasteiger partial charge >= 0.3 is 0 Å². The summed E-state index contributed by atoms with van der Waals surface area (Å²) in [5.41, 5.74) is 4.93. The Kier molecular flexibility index (Phi) is 7.27.